The van der Waals surface area contributed by atoms with Gasteiger partial charge in [-0.2, -0.15) is 0 Å². The fourth-order valence-corrected chi connectivity index (χ4v) is 2.25. The maximum Gasteiger partial charge on any atom is 0.516 e. The predicted molar refractivity (Wildman–Crippen MR) is 75.7 cm³/mol. The topological polar surface area (TPSA) is 118 Å². The molecule has 1 fully saturated rings. The first-order valence-corrected chi connectivity index (χ1v) is 7.63. The van der Waals surface area contributed by atoms with Gasteiger partial charge in [0.1, 0.15) is 0 Å². The summed E-state index contributed by atoms with van der Waals surface area (Å²) < 4.78 is 34.3. The Labute approximate surface area is 118 Å². The Bertz CT molecular complexity index is 629. The van der Waals surface area contributed by atoms with Crippen molar-refractivity contribution in [2.75, 3.05) is 5.73 Å². The standard InChI is InChI=1S/C11H18BN3O4S/c1-10(2)11(3,4)19-12(18-10)9-7(13)5-6-8(15-9)20(14,16)17/h5-6H,13H2,1-4H3,(H2,14,16,17). The number of pyridine rings is 1. The number of primary sulfonamides is 1. The summed E-state index contributed by atoms with van der Waals surface area (Å²) in [5.41, 5.74) is 5.21. The molecule has 0 unspecified atom stereocenters. The van der Waals surface area contributed by atoms with Crippen molar-refractivity contribution >= 4 is 28.4 Å². The lowest BCUT2D eigenvalue weighted by Gasteiger charge is -2.32. The molecule has 1 aliphatic heterocycles. The van der Waals surface area contributed by atoms with Crippen molar-refractivity contribution in [3.8, 4) is 0 Å². The third kappa shape index (κ3) is 2.53. The summed E-state index contributed by atoms with van der Waals surface area (Å²) in [7, 11) is -4.74. The fourth-order valence-electron chi connectivity index (χ4n) is 1.77. The molecule has 0 radical (unpaired) electrons. The van der Waals surface area contributed by atoms with Crippen molar-refractivity contribution in [2.24, 2.45) is 5.14 Å². The van der Waals surface area contributed by atoms with Crippen molar-refractivity contribution in [1.29, 1.82) is 0 Å². The lowest BCUT2D eigenvalue weighted by molar-refractivity contribution is 0.00578. The Morgan fingerprint density at radius 1 is 1.15 bits per heavy atom. The minimum Gasteiger partial charge on any atom is -0.398 e. The third-order valence-corrected chi connectivity index (χ3v) is 4.51. The molecule has 0 aromatic carbocycles. The smallest absolute Gasteiger partial charge is 0.398 e. The number of hydrogen-bond donors (Lipinski definition) is 2. The number of anilines is 1. The Morgan fingerprint density at radius 3 is 2.10 bits per heavy atom. The van der Waals surface area contributed by atoms with E-state index in [9.17, 15) is 8.42 Å². The highest BCUT2D eigenvalue weighted by atomic mass is 32.2. The van der Waals surface area contributed by atoms with E-state index in [4.69, 9.17) is 20.2 Å². The van der Waals surface area contributed by atoms with Crippen LogP contribution in [0.15, 0.2) is 17.2 Å². The molecule has 2 rings (SSSR count). The van der Waals surface area contributed by atoms with Crippen LogP contribution in [-0.2, 0) is 19.3 Å². The summed E-state index contributed by atoms with van der Waals surface area (Å²) in [6, 6.07) is 2.67. The van der Waals surface area contributed by atoms with E-state index in [1.807, 2.05) is 27.7 Å². The number of nitrogens with two attached hydrogens (primary N) is 2. The summed E-state index contributed by atoms with van der Waals surface area (Å²) in [6.07, 6.45) is 0. The average Bonchev–Trinajstić information content (AvgIpc) is 2.46. The number of nitrogen functional groups attached to an aromatic ring is 1. The molecule has 7 nitrogen and oxygen atoms in total. The number of nitrogens with zero attached hydrogens (tertiary/aromatic N) is 1. The number of rotatable bonds is 2. The molecule has 1 aromatic heterocycles. The van der Waals surface area contributed by atoms with Crippen molar-refractivity contribution in [3.05, 3.63) is 12.1 Å². The molecule has 9 heteroatoms. The van der Waals surface area contributed by atoms with Crippen molar-refractivity contribution in [1.82, 2.24) is 4.98 Å². The first-order chi connectivity index (χ1) is 8.94. The second kappa shape index (κ2) is 4.42. The van der Waals surface area contributed by atoms with Gasteiger partial charge < -0.3 is 15.0 Å². The van der Waals surface area contributed by atoms with Gasteiger partial charge >= 0.3 is 7.12 Å². The lowest BCUT2D eigenvalue weighted by atomic mass is 9.83. The molecule has 0 bridgehead atoms. The molecule has 110 valence electrons. The van der Waals surface area contributed by atoms with E-state index in [1.54, 1.807) is 0 Å². The van der Waals surface area contributed by atoms with E-state index in [2.05, 4.69) is 4.98 Å². The number of sulfonamides is 1. The zero-order chi connectivity index (χ0) is 15.3. The average molecular weight is 299 g/mol. The molecule has 20 heavy (non-hydrogen) atoms. The molecule has 4 N–H and O–H groups in total. The van der Waals surface area contributed by atoms with E-state index in [1.165, 1.54) is 12.1 Å². The Hall–Kier alpha value is -1.16. The van der Waals surface area contributed by atoms with Crippen LogP contribution in [-0.4, -0.2) is 31.7 Å². The molecule has 1 aliphatic rings. The van der Waals surface area contributed by atoms with E-state index in [0.29, 0.717) is 0 Å². The van der Waals surface area contributed by atoms with Gasteiger partial charge in [-0.1, -0.05) is 0 Å². The van der Waals surface area contributed by atoms with Gasteiger partial charge in [-0.15, -0.1) is 0 Å². The van der Waals surface area contributed by atoms with Gasteiger partial charge in [0.25, 0.3) is 10.0 Å². The fraction of sp³-hybridized carbons (Fsp3) is 0.545. The minimum atomic E-state index is -3.91. The summed E-state index contributed by atoms with van der Waals surface area (Å²) in [5.74, 6) is 0. The summed E-state index contributed by atoms with van der Waals surface area (Å²) in [6.45, 7) is 7.53. The van der Waals surface area contributed by atoms with E-state index in [0.717, 1.165) is 0 Å². The van der Waals surface area contributed by atoms with Gasteiger partial charge in [0.05, 0.1) is 16.8 Å². The molecule has 0 atom stereocenters. The summed E-state index contributed by atoms with van der Waals surface area (Å²) in [5, 5.41) is 4.80. The summed E-state index contributed by atoms with van der Waals surface area (Å²) >= 11 is 0. The molecule has 0 aliphatic carbocycles. The second-order valence-electron chi connectivity index (χ2n) is 5.76. The third-order valence-electron chi connectivity index (χ3n) is 3.70. The Balaban J connectivity index is 2.45. The van der Waals surface area contributed by atoms with Gasteiger partial charge in [0, 0.05) is 5.69 Å². The van der Waals surface area contributed by atoms with Crippen molar-refractivity contribution < 1.29 is 17.7 Å². The molecule has 0 amide bonds. The van der Waals surface area contributed by atoms with Gasteiger partial charge in [-0.3, -0.25) is 0 Å². The van der Waals surface area contributed by atoms with Gasteiger partial charge in [-0.05, 0) is 39.8 Å². The first-order valence-electron chi connectivity index (χ1n) is 6.09. The van der Waals surface area contributed by atoms with Crippen LogP contribution in [0.3, 0.4) is 0 Å². The monoisotopic (exact) mass is 299 g/mol. The molecular weight excluding hydrogens is 281 g/mol. The predicted octanol–water partition coefficient (Wildman–Crippen LogP) is -0.390. The number of aromatic nitrogens is 1. The molecule has 1 saturated heterocycles. The first kappa shape index (κ1) is 15.2. The Morgan fingerprint density at radius 2 is 1.65 bits per heavy atom. The Kier molecular flexibility index (Phi) is 3.37. The maximum absolute atomic E-state index is 11.4. The van der Waals surface area contributed by atoms with Gasteiger partial charge in [0.2, 0.25) is 0 Å². The molecular formula is C11H18BN3O4S. The highest BCUT2D eigenvalue weighted by Crippen LogP contribution is 2.36. The highest BCUT2D eigenvalue weighted by Gasteiger charge is 2.53. The highest BCUT2D eigenvalue weighted by molar-refractivity contribution is 7.89. The lowest BCUT2D eigenvalue weighted by Crippen LogP contribution is -2.41. The van der Waals surface area contributed by atoms with E-state index < -0.39 is 28.3 Å². The maximum atomic E-state index is 11.4. The van der Waals surface area contributed by atoms with Gasteiger partial charge in [0.15, 0.2) is 5.03 Å². The van der Waals surface area contributed by atoms with Crippen LogP contribution in [0.4, 0.5) is 5.69 Å². The van der Waals surface area contributed by atoms with Gasteiger partial charge in [-0.25, -0.2) is 18.5 Å². The van der Waals surface area contributed by atoms with E-state index in [-0.39, 0.29) is 16.3 Å². The summed E-state index contributed by atoms with van der Waals surface area (Å²) in [4.78, 5) is 3.97. The largest absolute Gasteiger partial charge is 0.516 e. The minimum absolute atomic E-state index is 0.218. The second-order valence-corrected chi connectivity index (χ2v) is 7.27. The van der Waals surface area contributed by atoms with Crippen molar-refractivity contribution in [3.63, 3.8) is 0 Å². The zero-order valence-corrected chi connectivity index (χ0v) is 12.7. The zero-order valence-electron chi connectivity index (χ0n) is 11.9. The van der Waals surface area contributed by atoms with Crippen LogP contribution in [0.1, 0.15) is 27.7 Å². The molecule has 0 saturated carbocycles. The van der Waals surface area contributed by atoms with Crippen LogP contribution in [0.2, 0.25) is 0 Å². The van der Waals surface area contributed by atoms with Crippen molar-refractivity contribution in [2.45, 2.75) is 43.9 Å². The molecule has 1 aromatic rings. The van der Waals surface area contributed by atoms with Crippen LogP contribution in [0.25, 0.3) is 0 Å². The normalized spacial score (nSPS) is 21.1. The number of hydrogen-bond acceptors (Lipinski definition) is 6. The van der Waals surface area contributed by atoms with E-state index >= 15 is 0 Å². The van der Waals surface area contributed by atoms with Crippen LogP contribution < -0.4 is 16.5 Å². The molecule has 0 spiro atoms. The van der Waals surface area contributed by atoms with Crippen LogP contribution in [0, 0.1) is 0 Å². The molecule has 2 heterocycles. The quantitative estimate of drug-likeness (QED) is 0.718. The van der Waals surface area contributed by atoms with Crippen LogP contribution >= 0.6 is 0 Å². The van der Waals surface area contributed by atoms with Crippen LogP contribution in [0.5, 0.6) is 0 Å². The SMILES string of the molecule is CC1(C)OB(c2nc(S(N)(=O)=O)ccc2N)OC1(C)C.